The van der Waals surface area contributed by atoms with Crippen molar-refractivity contribution in [1.82, 2.24) is 29.9 Å². The van der Waals surface area contributed by atoms with Gasteiger partial charge in [0, 0.05) is 12.4 Å². The number of aliphatic hydroxyl groups excluding tert-OH is 1. The van der Waals surface area contributed by atoms with E-state index >= 15 is 0 Å². The summed E-state index contributed by atoms with van der Waals surface area (Å²) in [6.07, 6.45) is 5.42. The van der Waals surface area contributed by atoms with Crippen molar-refractivity contribution in [1.29, 1.82) is 0 Å². The number of rotatable bonds is 2. The van der Waals surface area contributed by atoms with Crippen LogP contribution in [0.15, 0.2) is 36.9 Å². The number of aromatic nitrogens is 6. The first kappa shape index (κ1) is 31.8. The molecule has 4 rings (SSSR count). The molecule has 4 aromatic rings. The Hall–Kier alpha value is -2.27. The summed E-state index contributed by atoms with van der Waals surface area (Å²) in [6.45, 7) is 6.95. The van der Waals surface area contributed by atoms with E-state index in [1.165, 1.54) is 12.4 Å². The molecule has 36 heavy (non-hydrogen) atoms. The minimum absolute atomic E-state index is 0. The van der Waals surface area contributed by atoms with Gasteiger partial charge in [0.2, 0.25) is 5.88 Å². The molecule has 2 unspecified atom stereocenters. The van der Waals surface area contributed by atoms with Crippen LogP contribution < -0.4 is 34.3 Å². The number of halogens is 3. The molecular weight excluding hydrogens is 534 g/mol. The summed E-state index contributed by atoms with van der Waals surface area (Å²) in [6, 6.07) is 3.44. The molecule has 4 heterocycles. The van der Waals surface area contributed by atoms with Gasteiger partial charge in [-0.25, -0.2) is 29.9 Å². The number of hydrogen-bond donors (Lipinski definition) is 1. The quantitative estimate of drug-likeness (QED) is 0.228. The number of aliphatic hydroxyl groups is 1. The van der Waals surface area contributed by atoms with Crippen molar-refractivity contribution in [3.63, 3.8) is 0 Å². The van der Waals surface area contributed by atoms with Gasteiger partial charge >= 0.3 is 29.6 Å². The fourth-order valence-electron chi connectivity index (χ4n) is 2.47. The van der Waals surface area contributed by atoms with Crippen molar-refractivity contribution >= 4 is 56.9 Å². The van der Waals surface area contributed by atoms with Crippen LogP contribution in [0.25, 0.3) is 22.1 Å². The van der Waals surface area contributed by atoms with E-state index in [2.05, 4.69) is 53.6 Å². The number of pyridine rings is 2. The third kappa shape index (κ3) is 10.4. The van der Waals surface area contributed by atoms with E-state index in [1.807, 2.05) is 6.92 Å². The average molecular weight is 556 g/mol. The van der Waals surface area contributed by atoms with Gasteiger partial charge in [-0.05, 0) is 39.8 Å². The van der Waals surface area contributed by atoms with Gasteiger partial charge in [0.05, 0.1) is 23.4 Å². The second-order valence-corrected chi connectivity index (χ2v) is 7.67. The third-order valence-electron chi connectivity index (χ3n) is 3.78. The van der Waals surface area contributed by atoms with E-state index in [0.717, 1.165) is 0 Å². The van der Waals surface area contributed by atoms with E-state index in [0.29, 0.717) is 43.4 Å². The number of nitrogens with zero attached hydrogens (tertiary/aromatic N) is 6. The Morgan fingerprint density at radius 2 is 1.36 bits per heavy atom. The molecule has 0 aliphatic rings. The second kappa shape index (κ2) is 16.5. The first-order valence-electron chi connectivity index (χ1n) is 10.1. The predicted molar refractivity (Wildman–Crippen MR) is 139 cm³/mol. The maximum Gasteiger partial charge on any atom is 1.00 e. The summed E-state index contributed by atoms with van der Waals surface area (Å²) in [5, 5.41) is 9.41. The van der Waals surface area contributed by atoms with Crippen molar-refractivity contribution < 1.29 is 40.8 Å². The van der Waals surface area contributed by atoms with Crippen LogP contribution in [0.2, 0.25) is 15.5 Å². The summed E-state index contributed by atoms with van der Waals surface area (Å²) in [4.78, 5) is 24.2. The topological polar surface area (TPSA) is 107 Å². The average Bonchev–Trinajstić information content (AvgIpc) is 2.80. The molecule has 2 atom stereocenters. The SMILES string of the molecule is CC#CC(C)O.CC#CC(C)Oc1cnc2c(Cl)nccc2n1.Clc1cnc2c(Cl)nccc2n1.[H-].[Na+]. The monoisotopic (exact) mass is 554 g/mol. The minimum atomic E-state index is -0.463. The van der Waals surface area contributed by atoms with Gasteiger partial charge < -0.3 is 11.3 Å². The summed E-state index contributed by atoms with van der Waals surface area (Å²) in [5.41, 5.74) is 2.45. The summed E-state index contributed by atoms with van der Waals surface area (Å²) in [7, 11) is 0. The largest absolute Gasteiger partial charge is 1.00 e. The van der Waals surface area contributed by atoms with Crippen LogP contribution in [-0.4, -0.2) is 47.2 Å². The maximum absolute atomic E-state index is 8.38. The molecule has 0 fully saturated rings. The van der Waals surface area contributed by atoms with Gasteiger partial charge in [-0.2, -0.15) is 0 Å². The molecular formula is C24H22Cl3N6NaO2. The Balaban J connectivity index is 0.000000569. The number of hydrogen-bond acceptors (Lipinski definition) is 8. The van der Waals surface area contributed by atoms with Crippen LogP contribution in [0, 0.1) is 23.7 Å². The Morgan fingerprint density at radius 3 is 1.86 bits per heavy atom. The van der Waals surface area contributed by atoms with Gasteiger partial charge in [0.1, 0.15) is 22.3 Å². The number of ether oxygens (including phenoxy) is 1. The zero-order valence-corrected chi connectivity index (χ0v) is 24.6. The van der Waals surface area contributed by atoms with Crippen molar-refractivity contribution in [2.75, 3.05) is 0 Å². The van der Waals surface area contributed by atoms with Crippen molar-refractivity contribution in [2.24, 2.45) is 0 Å². The smallest absolute Gasteiger partial charge is 1.00 e. The molecule has 0 aliphatic heterocycles. The van der Waals surface area contributed by atoms with E-state index in [1.54, 1.807) is 45.3 Å². The fraction of sp³-hybridized carbons (Fsp3) is 0.250. The molecule has 0 bridgehead atoms. The second-order valence-electron chi connectivity index (χ2n) is 6.56. The maximum atomic E-state index is 8.38. The Bertz CT molecular complexity index is 1420. The summed E-state index contributed by atoms with van der Waals surface area (Å²) >= 11 is 17.3. The predicted octanol–water partition coefficient (Wildman–Crippen LogP) is 2.31. The molecule has 0 spiro atoms. The zero-order chi connectivity index (χ0) is 25.8. The van der Waals surface area contributed by atoms with E-state index in [9.17, 15) is 0 Å². The van der Waals surface area contributed by atoms with Gasteiger partial charge in [-0.15, -0.1) is 11.8 Å². The molecule has 0 aliphatic carbocycles. The number of fused-ring (bicyclic) bond motifs is 2. The van der Waals surface area contributed by atoms with Gasteiger partial charge in [-0.3, -0.25) is 0 Å². The van der Waals surface area contributed by atoms with Crippen LogP contribution in [0.4, 0.5) is 0 Å². The van der Waals surface area contributed by atoms with Crippen molar-refractivity contribution in [3.05, 3.63) is 52.4 Å². The summed E-state index contributed by atoms with van der Waals surface area (Å²) in [5.74, 6) is 11.2. The Kier molecular flexibility index (Phi) is 14.5. The molecule has 0 aromatic carbocycles. The Labute approximate surface area is 248 Å². The molecule has 182 valence electrons. The molecule has 0 radical (unpaired) electrons. The standard InChI is InChI=1S/C12H10ClN3O.C7H3Cl2N3.C5H8O.Na.H/c1-3-4-8(2)17-10-7-15-11-9(16-10)5-6-14-12(11)13;8-5-3-11-6-4(12-5)1-2-10-7(6)9;1-3-4-5(2)6;;/h5-8H,1-2H3;1-3H;5-6H,1-2H3;;/q;;;+1;-1. The molecule has 12 heteroatoms. The first-order chi connectivity index (χ1) is 16.7. The van der Waals surface area contributed by atoms with Crippen LogP contribution in [0.5, 0.6) is 5.88 Å². The Morgan fingerprint density at radius 1 is 0.833 bits per heavy atom. The first-order valence-corrected chi connectivity index (χ1v) is 11.3. The fourth-order valence-corrected chi connectivity index (χ4v) is 3.01. The van der Waals surface area contributed by atoms with Gasteiger partial charge in [0.25, 0.3) is 0 Å². The molecule has 1 N–H and O–H groups in total. The molecule has 8 nitrogen and oxygen atoms in total. The van der Waals surface area contributed by atoms with Crippen LogP contribution in [-0.2, 0) is 0 Å². The van der Waals surface area contributed by atoms with E-state index in [-0.39, 0.29) is 37.1 Å². The van der Waals surface area contributed by atoms with Gasteiger partial charge in [-0.1, -0.05) is 46.6 Å². The molecule has 0 amide bonds. The zero-order valence-electron chi connectivity index (χ0n) is 21.3. The normalized spacial score (nSPS) is 11.0. The molecule has 0 saturated heterocycles. The van der Waals surface area contributed by atoms with Crippen LogP contribution in [0.1, 0.15) is 29.1 Å². The van der Waals surface area contributed by atoms with Crippen molar-refractivity contribution in [2.45, 2.75) is 39.9 Å². The minimum Gasteiger partial charge on any atom is -1.00 e. The van der Waals surface area contributed by atoms with Crippen molar-refractivity contribution in [3.8, 4) is 29.6 Å². The molecule has 0 saturated carbocycles. The van der Waals surface area contributed by atoms with E-state index in [4.69, 9.17) is 44.6 Å². The van der Waals surface area contributed by atoms with E-state index < -0.39 is 6.10 Å². The molecule has 4 aromatic heterocycles. The van der Waals surface area contributed by atoms with Crippen LogP contribution in [0.3, 0.4) is 0 Å². The summed E-state index contributed by atoms with van der Waals surface area (Å²) < 4.78 is 5.49. The van der Waals surface area contributed by atoms with Gasteiger partial charge in [0.15, 0.2) is 16.4 Å². The third-order valence-corrected chi connectivity index (χ3v) is 4.51. The van der Waals surface area contributed by atoms with Crippen LogP contribution >= 0.6 is 34.8 Å².